The van der Waals surface area contributed by atoms with Gasteiger partial charge in [0.1, 0.15) is 5.82 Å². The van der Waals surface area contributed by atoms with E-state index in [1.165, 1.54) is 18.9 Å². The molecular weight excluding hydrogens is 352 g/mol. The van der Waals surface area contributed by atoms with Crippen LogP contribution in [0.2, 0.25) is 0 Å². The highest BCUT2D eigenvalue weighted by molar-refractivity contribution is 7.99. The van der Waals surface area contributed by atoms with Crippen LogP contribution in [0, 0.1) is 0 Å². The number of fused-ring (bicyclic) bond motifs is 1. The van der Waals surface area contributed by atoms with Gasteiger partial charge in [-0.15, -0.1) is 0 Å². The molecule has 0 aliphatic carbocycles. The Bertz CT molecular complexity index is 922. The minimum atomic E-state index is -0.596. The molecule has 0 spiro atoms. The Labute approximate surface area is 155 Å². The van der Waals surface area contributed by atoms with Gasteiger partial charge in [0.15, 0.2) is 5.16 Å². The van der Waals surface area contributed by atoms with Gasteiger partial charge in [0.05, 0.1) is 24.2 Å². The van der Waals surface area contributed by atoms with Crippen molar-refractivity contribution in [3.63, 3.8) is 0 Å². The normalized spacial score (nSPS) is 16.3. The van der Waals surface area contributed by atoms with Crippen molar-refractivity contribution in [3.05, 3.63) is 57.3 Å². The minimum absolute atomic E-state index is 0.274. The number of nitrogens with zero attached hydrogens (tertiary/aromatic N) is 2. The fourth-order valence-corrected chi connectivity index (χ4v) is 3.71. The molecule has 0 amide bonds. The van der Waals surface area contributed by atoms with Gasteiger partial charge in [0.2, 0.25) is 0 Å². The number of ether oxygens (including phenoxy) is 1. The Hall–Kier alpha value is -2.61. The van der Waals surface area contributed by atoms with Crippen molar-refractivity contribution >= 4 is 23.5 Å². The van der Waals surface area contributed by atoms with Crippen LogP contribution >= 0.6 is 11.8 Å². The van der Waals surface area contributed by atoms with E-state index in [0.717, 1.165) is 5.56 Å². The molecule has 2 N–H and O–H groups in total. The number of aromatic nitrogens is 3. The summed E-state index contributed by atoms with van der Waals surface area (Å²) in [6, 6.07) is 3.60. The van der Waals surface area contributed by atoms with E-state index in [2.05, 4.69) is 20.3 Å². The molecule has 3 rings (SSSR count). The van der Waals surface area contributed by atoms with E-state index < -0.39 is 11.9 Å². The quantitative estimate of drug-likeness (QED) is 0.484. The fraction of sp³-hybridized carbons (Fsp3) is 0.333. The molecule has 0 aromatic carbocycles. The maximum Gasteiger partial charge on any atom is 0.336 e. The van der Waals surface area contributed by atoms with Gasteiger partial charge in [-0.05, 0) is 18.6 Å². The van der Waals surface area contributed by atoms with Crippen LogP contribution < -0.4 is 10.9 Å². The second kappa shape index (κ2) is 7.33. The van der Waals surface area contributed by atoms with E-state index in [9.17, 15) is 9.59 Å². The van der Waals surface area contributed by atoms with E-state index >= 15 is 0 Å². The van der Waals surface area contributed by atoms with E-state index in [0.29, 0.717) is 27.8 Å². The van der Waals surface area contributed by atoms with Crippen molar-refractivity contribution in [2.24, 2.45) is 0 Å². The maximum absolute atomic E-state index is 12.9. The molecule has 1 aliphatic heterocycles. The zero-order valence-electron chi connectivity index (χ0n) is 15.0. The number of rotatable bonds is 4. The number of pyridine rings is 1. The van der Waals surface area contributed by atoms with Gasteiger partial charge in [-0.2, -0.15) is 0 Å². The van der Waals surface area contributed by atoms with Crippen LogP contribution in [0.25, 0.3) is 0 Å². The van der Waals surface area contributed by atoms with Gasteiger partial charge in [-0.25, -0.2) is 9.78 Å². The summed E-state index contributed by atoms with van der Waals surface area (Å²) in [6.45, 7) is 5.82. The Morgan fingerprint density at radius 3 is 2.77 bits per heavy atom. The number of thioether (sulfide) groups is 1. The van der Waals surface area contributed by atoms with E-state index in [1.54, 1.807) is 25.4 Å². The van der Waals surface area contributed by atoms with Crippen LogP contribution in [0.3, 0.4) is 0 Å². The molecule has 26 heavy (non-hydrogen) atoms. The van der Waals surface area contributed by atoms with Crippen molar-refractivity contribution < 1.29 is 9.53 Å². The number of esters is 1. The number of allylic oxidation sites excluding steroid dienone is 1. The van der Waals surface area contributed by atoms with E-state index in [4.69, 9.17) is 4.74 Å². The molecule has 0 fully saturated rings. The summed E-state index contributed by atoms with van der Waals surface area (Å²) in [6.07, 6.45) is 3.29. The third-order valence-electron chi connectivity index (χ3n) is 3.99. The summed E-state index contributed by atoms with van der Waals surface area (Å²) in [7, 11) is 1.32. The third kappa shape index (κ3) is 3.37. The van der Waals surface area contributed by atoms with Crippen molar-refractivity contribution in [1.82, 2.24) is 15.0 Å². The molecule has 136 valence electrons. The highest BCUT2D eigenvalue weighted by Gasteiger charge is 2.36. The second-order valence-electron chi connectivity index (χ2n) is 6.17. The molecule has 8 heteroatoms. The smallest absolute Gasteiger partial charge is 0.336 e. The van der Waals surface area contributed by atoms with Crippen molar-refractivity contribution in [3.8, 4) is 0 Å². The first-order valence-electron chi connectivity index (χ1n) is 8.19. The number of carbonyl (C=O) groups is 1. The molecule has 0 saturated carbocycles. The first-order chi connectivity index (χ1) is 12.4. The van der Waals surface area contributed by atoms with Gasteiger partial charge in [-0.1, -0.05) is 31.7 Å². The van der Waals surface area contributed by atoms with Crippen molar-refractivity contribution in [2.75, 3.05) is 12.4 Å². The van der Waals surface area contributed by atoms with E-state index in [-0.39, 0.29) is 10.8 Å². The van der Waals surface area contributed by atoms with Crippen LogP contribution in [-0.4, -0.2) is 33.3 Å². The standard InChI is InChI=1S/C18H20N4O3S/c1-9(2)26-18-21-15-14(16(23)22-18)13(11-6-5-7-19-8-11)12(10(3)20-15)17(24)25-4/h5-9,13H,1-4H3,(H2,20,21,22,23)/t13-/m1/s1. The summed E-state index contributed by atoms with van der Waals surface area (Å²) in [5.41, 5.74) is 1.82. The summed E-state index contributed by atoms with van der Waals surface area (Å²) in [5.74, 6) is -0.632. The minimum Gasteiger partial charge on any atom is -0.466 e. The highest BCUT2D eigenvalue weighted by Crippen LogP contribution is 2.39. The lowest BCUT2D eigenvalue weighted by molar-refractivity contribution is -0.136. The SMILES string of the molecule is COC(=O)C1=C(C)Nc2nc(SC(C)C)[nH]c(=O)c2[C@@H]1c1cccnc1. The number of anilines is 1. The molecule has 1 aliphatic rings. The Morgan fingerprint density at radius 2 is 2.15 bits per heavy atom. The fourth-order valence-electron chi connectivity index (χ4n) is 2.97. The molecule has 3 heterocycles. The first kappa shape index (κ1) is 18.2. The summed E-state index contributed by atoms with van der Waals surface area (Å²) < 4.78 is 4.95. The molecule has 0 unspecified atom stereocenters. The number of hydrogen-bond donors (Lipinski definition) is 2. The van der Waals surface area contributed by atoms with Crippen LogP contribution in [0.4, 0.5) is 5.82 Å². The number of hydrogen-bond acceptors (Lipinski definition) is 7. The molecule has 0 bridgehead atoms. The zero-order chi connectivity index (χ0) is 18.8. The number of H-pyrrole nitrogens is 1. The topological polar surface area (TPSA) is 97.0 Å². The number of carbonyl (C=O) groups excluding carboxylic acids is 1. The van der Waals surface area contributed by atoms with Crippen LogP contribution in [0.1, 0.15) is 37.8 Å². The lowest BCUT2D eigenvalue weighted by Gasteiger charge is -2.28. The predicted octanol–water partition coefficient (Wildman–Crippen LogP) is 2.67. The van der Waals surface area contributed by atoms with Crippen LogP contribution in [-0.2, 0) is 9.53 Å². The lowest BCUT2D eigenvalue weighted by Crippen LogP contribution is -2.31. The van der Waals surface area contributed by atoms with Crippen LogP contribution in [0.15, 0.2) is 45.7 Å². The molecule has 7 nitrogen and oxygen atoms in total. The molecule has 2 aromatic rings. The largest absolute Gasteiger partial charge is 0.466 e. The number of aromatic amines is 1. The van der Waals surface area contributed by atoms with Crippen molar-refractivity contribution in [2.45, 2.75) is 37.1 Å². The molecule has 0 radical (unpaired) electrons. The summed E-state index contributed by atoms with van der Waals surface area (Å²) in [5, 5.41) is 3.91. The van der Waals surface area contributed by atoms with Gasteiger partial charge in [0.25, 0.3) is 5.56 Å². The number of nitrogens with one attached hydrogen (secondary N) is 2. The zero-order valence-corrected chi connectivity index (χ0v) is 15.8. The van der Waals surface area contributed by atoms with Gasteiger partial charge >= 0.3 is 5.97 Å². The molecular formula is C18H20N4O3S. The van der Waals surface area contributed by atoms with Gasteiger partial charge in [0, 0.05) is 23.3 Å². The Balaban J connectivity index is 2.22. The van der Waals surface area contributed by atoms with Crippen molar-refractivity contribution in [1.29, 1.82) is 0 Å². The molecule has 0 saturated heterocycles. The van der Waals surface area contributed by atoms with Gasteiger partial charge < -0.3 is 15.0 Å². The first-order valence-corrected chi connectivity index (χ1v) is 9.07. The molecule has 1 atom stereocenters. The molecule has 2 aromatic heterocycles. The van der Waals surface area contributed by atoms with Gasteiger partial charge in [-0.3, -0.25) is 9.78 Å². The second-order valence-corrected chi connectivity index (χ2v) is 7.74. The summed E-state index contributed by atoms with van der Waals surface area (Å²) in [4.78, 5) is 36.8. The van der Waals surface area contributed by atoms with Crippen LogP contribution in [0.5, 0.6) is 0 Å². The third-order valence-corrected chi connectivity index (χ3v) is 4.88. The maximum atomic E-state index is 12.9. The lowest BCUT2D eigenvalue weighted by atomic mass is 9.83. The average Bonchev–Trinajstić information content (AvgIpc) is 2.60. The monoisotopic (exact) mass is 372 g/mol. The Morgan fingerprint density at radius 1 is 1.38 bits per heavy atom. The average molecular weight is 372 g/mol. The Kier molecular flexibility index (Phi) is 5.13. The highest BCUT2D eigenvalue weighted by atomic mass is 32.2. The van der Waals surface area contributed by atoms with E-state index in [1.807, 2.05) is 19.9 Å². The predicted molar refractivity (Wildman–Crippen MR) is 100 cm³/mol. The summed E-state index contributed by atoms with van der Waals surface area (Å²) >= 11 is 1.47. The number of methoxy groups -OCH3 is 1.